The number of rotatable bonds is 2. The van der Waals surface area contributed by atoms with E-state index in [1.165, 1.54) is 11.8 Å². The fraction of sp³-hybridized carbons (Fsp3) is 0. The molecule has 0 aliphatic heterocycles. The molecule has 0 aliphatic carbocycles. The van der Waals surface area contributed by atoms with Crippen LogP contribution in [0.1, 0.15) is 10.4 Å². The molecule has 0 heterocycles. The van der Waals surface area contributed by atoms with E-state index in [0.29, 0.717) is 16.9 Å². The van der Waals surface area contributed by atoms with Crippen molar-refractivity contribution in [3.05, 3.63) is 54.1 Å². The van der Waals surface area contributed by atoms with E-state index < -0.39 is 0 Å². The number of anilines is 2. The van der Waals surface area contributed by atoms with Gasteiger partial charge in [-0.2, -0.15) is 0 Å². The van der Waals surface area contributed by atoms with Gasteiger partial charge in [0.05, 0.1) is 0 Å². The number of carbonyl (C=O) groups is 1. The third-order valence-electron chi connectivity index (χ3n) is 2.24. The largest absolute Gasteiger partial charge is 0.399 e. The van der Waals surface area contributed by atoms with Crippen LogP contribution in [0, 0.1) is 0 Å². The lowest BCUT2D eigenvalue weighted by molar-refractivity contribution is 0.108. The van der Waals surface area contributed by atoms with Crippen molar-refractivity contribution < 1.29 is 4.79 Å². The first-order valence-electron chi connectivity index (χ1n) is 5.08. The molecule has 0 atom stereocenters. The molecule has 0 unspecified atom stereocenters. The average molecular weight is 244 g/mol. The molecule has 2 aromatic carbocycles. The van der Waals surface area contributed by atoms with Gasteiger partial charge in [0.15, 0.2) is 0 Å². The maximum absolute atomic E-state index is 11.9. The third kappa shape index (κ3) is 3.01. The van der Waals surface area contributed by atoms with Crippen LogP contribution in [0.3, 0.4) is 0 Å². The highest BCUT2D eigenvalue weighted by molar-refractivity contribution is 8.14. The lowest BCUT2D eigenvalue weighted by Crippen LogP contribution is -1.94. The van der Waals surface area contributed by atoms with Crippen LogP contribution in [-0.2, 0) is 0 Å². The lowest BCUT2D eigenvalue weighted by Gasteiger charge is -2.02. The molecule has 0 saturated carbocycles. The van der Waals surface area contributed by atoms with Gasteiger partial charge in [-0.25, -0.2) is 0 Å². The molecule has 86 valence electrons. The van der Waals surface area contributed by atoms with Crippen molar-refractivity contribution >= 4 is 28.3 Å². The molecule has 3 nitrogen and oxygen atoms in total. The smallest absolute Gasteiger partial charge is 0.224 e. The highest BCUT2D eigenvalue weighted by Crippen LogP contribution is 2.23. The van der Waals surface area contributed by atoms with Gasteiger partial charge >= 0.3 is 0 Å². The number of nitrogens with two attached hydrogens (primary N) is 2. The van der Waals surface area contributed by atoms with Gasteiger partial charge in [0, 0.05) is 21.8 Å². The Morgan fingerprint density at radius 3 is 1.82 bits per heavy atom. The first kappa shape index (κ1) is 11.5. The molecule has 0 bridgehead atoms. The van der Waals surface area contributed by atoms with E-state index in [1.54, 1.807) is 36.4 Å². The summed E-state index contributed by atoms with van der Waals surface area (Å²) in [4.78, 5) is 12.8. The van der Waals surface area contributed by atoms with Gasteiger partial charge in [-0.15, -0.1) is 0 Å². The van der Waals surface area contributed by atoms with Crippen LogP contribution in [0.25, 0.3) is 0 Å². The maximum atomic E-state index is 11.9. The molecule has 0 fully saturated rings. The Hall–Kier alpha value is -1.94. The number of nitrogen functional groups attached to an aromatic ring is 2. The van der Waals surface area contributed by atoms with Gasteiger partial charge in [-0.3, -0.25) is 4.79 Å². The van der Waals surface area contributed by atoms with Crippen molar-refractivity contribution in [2.45, 2.75) is 4.90 Å². The lowest BCUT2D eigenvalue weighted by atomic mass is 10.2. The van der Waals surface area contributed by atoms with Gasteiger partial charge in [0.2, 0.25) is 5.12 Å². The fourth-order valence-corrected chi connectivity index (χ4v) is 2.06. The molecular formula is C13H12N2OS. The summed E-state index contributed by atoms with van der Waals surface area (Å²) in [7, 11) is 0. The van der Waals surface area contributed by atoms with Gasteiger partial charge in [-0.1, -0.05) is 0 Å². The Morgan fingerprint density at radius 2 is 1.29 bits per heavy atom. The Kier molecular flexibility index (Phi) is 3.35. The predicted octanol–water partition coefficient (Wildman–Crippen LogP) is 2.78. The summed E-state index contributed by atoms with van der Waals surface area (Å²) in [6, 6.07) is 14.1. The third-order valence-corrected chi connectivity index (χ3v) is 3.17. The quantitative estimate of drug-likeness (QED) is 0.629. The summed E-state index contributed by atoms with van der Waals surface area (Å²) in [5.41, 5.74) is 13.1. The molecule has 0 radical (unpaired) electrons. The molecule has 4 heteroatoms. The Morgan fingerprint density at radius 1 is 0.824 bits per heavy atom. The Bertz CT molecular complexity index is 520. The van der Waals surface area contributed by atoms with Crippen LogP contribution >= 0.6 is 11.8 Å². The van der Waals surface area contributed by atoms with E-state index in [1.807, 2.05) is 12.1 Å². The maximum Gasteiger partial charge on any atom is 0.224 e. The summed E-state index contributed by atoms with van der Waals surface area (Å²) in [6.07, 6.45) is 0. The highest BCUT2D eigenvalue weighted by atomic mass is 32.2. The Balaban J connectivity index is 2.11. The number of thioether (sulfide) groups is 1. The molecule has 0 aliphatic rings. The van der Waals surface area contributed by atoms with E-state index in [2.05, 4.69) is 0 Å². The van der Waals surface area contributed by atoms with Crippen molar-refractivity contribution in [2.75, 3.05) is 11.5 Å². The summed E-state index contributed by atoms with van der Waals surface area (Å²) >= 11 is 1.18. The average Bonchev–Trinajstić information content (AvgIpc) is 2.33. The minimum atomic E-state index is -0.00484. The van der Waals surface area contributed by atoms with Gasteiger partial charge in [0.1, 0.15) is 0 Å². The topological polar surface area (TPSA) is 69.1 Å². The van der Waals surface area contributed by atoms with Crippen LogP contribution in [0.5, 0.6) is 0 Å². The minimum Gasteiger partial charge on any atom is -0.399 e. The molecular weight excluding hydrogens is 232 g/mol. The number of carbonyl (C=O) groups excluding carboxylic acids is 1. The standard InChI is InChI=1S/C13H12N2OS/c14-10-3-1-9(2-4-10)13(16)17-12-7-5-11(15)6-8-12/h1-8H,14-15H2. The van der Waals surface area contributed by atoms with Crippen molar-refractivity contribution in [1.82, 2.24) is 0 Å². The van der Waals surface area contributed by atoms with Crippen LogP contribution in [-0.4, -0.2) is 5.12 Å². The summed E-state index contributed by atoms with van der Waals surface area (Å²) in [5.74, 6) is 0. The number of benzene rings is 2. The number of hydrogen-bond donors (Lipinski definition) is 2. The van der Waals surface area contributed by atoms with Gasteiger partial charge in [0.25, 0.3) is 0 Å². The van der Waals surface area contributed by atoms with Crippen molar-refractivity contribution in [3.8, 4) is 0 Å². The molecule has 17 heavy (non-hydrogen) atoms. The SMILES string of the molecule is Nc1ccc(SC(=O)c2ccc(N)cc2)cc1. The monoisotopic (exact) mass is 244 g/mol. The minimum absolute atomic E-state index is 0.00484. The summed E-state index contributed by atoms with van der Waals surface area (Å²) < 4.78 is 0. The van der Waals surface area contributed by atoms with Crippen LogP contribution < -0.4 is 11.5 Å². The Labute approximate surface area is 104 Å². The predicted molar refractivity (Wildman–Crippen MR) is 71.9 cm³/mol. The highest BCUT2D eigenvalue weighted by Gasteiger charge is 2.07. The van der Waals surface area contributed by atoms with E-state index in [9.17, 15) is 4.79 Å². The van der Waals surface area contributed by atoms with Crippen LogP contribution in [0.15, 0.2) is 53.4 Å². The molecule has 0 aromatic heterocycles. The summed E-state index contributed by atoms with van der Waals surface area (Å²) in [5, 5.41) is -0.00484. The van der Waals surface area contributed by atoms with Crippen LogP contribution in [0.4, 0.5) is 11.4 Å². The number of hydrogen-bond acceptors (Lipinski definition) is 4. The van der Waals surface area contributed by atoms with Crippen molar-refractivity contribution in [1.29, 1.82) is 0 Å². The van der Waals surface area contributed by atoms with E-state index >= 15 is 0 Å². The zero-order valence-electron chi connectivity index (χ0n) is 9.09. The van der Waals surface area contributed by atoms with Gasteiger partial charge in [-0.05, 0) is 60.3 Å². The second-order valence-corrected chi connectivity index (χ2v) is 4.63. The van der Waals surface area contributed by atoms with Crippen molar-refractivity contribution in [3.63, 3.8) is 0 Å². The van der Waals surface area contributed by atoms with Crippen LogP contribution in [0.2, 0.25) is 0 Å². The normalized spacial score (nSPS) is 10.1. The summed E-state index contributed by atoms with van der Waals surface area (Å²) in [6.45, 7) is 0. The second-order valence-electron chi connectivity index (χ2n) is 3.58. The molecule has 2 aromatic rings. The van der Waals surface area contributed by atoms with Gasteiger partial charge < -0.3 is 11.5 Å². The first-order valence-corrected chi connectivity index (χ1v) is 5.90. The van der Waals surface area contributed by atoms with E-state index in [4.69, 9.17) is 11.5 Å². The first-order chi connectivity index (χ1) is 8.15. The molecule has 0 amide bonds. The fourth-order valence-electron chi connectivity index (χ4n) is 1.32. The molecule has 4 N–H and O–H groups in total. The molecule has 0 spiro atoms. The zero-order chi connectivity index (χ0) is 12.3. The molecule has 2 rings (SSSR count). The zero-order valence-corrected chi connectivity index (χ0v) is 9.91. The van der Waals surface area contributed by atoms with E-state index in [-0.39, 0.29) is 5.12 Å². The van der Waals surface area contributed by atoms with Crippen molar-refractivity contribution in [2.24, 2.45) is 0 Å². The van der Waals surface area contributed by atoms with E-state index in [0.717, 1.165) is 4.90 Å². The molecule has 0 saturated heterocycles. The second kappa shape index (κ2) is 4.93.